The Labute approximate surface area is 124 Å². The molecule has 2 aliphatic heterocycles. The largest absolute Gasteiger partial charge is 0.328 e. The smallest absolute Gasteiger partial charge is 0.251 e. The molecule has 0 amide bonds. The van der Waals surface area contributed by atoms with Gasteiger partial charge in [-0.15, -0.1) is 0 Å². The van der Waals surface area contributed by atoms with Crippen LogP contribution >= 0.6 is 0 Å². The van der Waals surface area contributed by atoms with E-state index in [1.165, 1.54) is 10.9 Å². The molecule has 3 heterocycles. The van der Waals surface area contributed by atoms with Gasteiger partial charge in [0.05, 0.1) is 5.52 Å². The van der Waals surface area contributed by atoms with Crippen LogP contribution in [-0.2, 0) is 6.54 Å². The minimum Gasteiger partial charge on any atom is -0.328 e. The normalized spacial score (nSPS) is 23.0. The van der Waals surface area contributed by atoms with Crippen molar-refractivity contribution in [2.75, 3.05) is 19.6 Å². The summed E-state index contributed by atoms with van der Waals surface area (Å²) < 4.78 is 1.95. The summed E-state index contributed by atoms with van der Waals surface area (Å²) >= 11 is 0. The van der Waals surface area contributed by atoms with E-state index in [4.69, 9.17) is 5.73 Å². The highest BCUT2D eigenvalue weighted by Crippen LogP contribution is 2.33. The Kier molecular flexibility index (Phi) is 3.08. The second kappa shape index (κ2) is 4.97. The van der Waals surface area contributed by atoms with E-state index < -0.39 is 0 Å². The molecule has 2 aliphatic rings. The fourth-order valence-electron chi connectivity index (χ4n) is 3.82. The summed E-state index contributed by atoms with van der Waals surface area (Å²) in [5, 5.41) is 1.18. The molecule has 110 valence electrons. The molecule has 4 nitrogen and oxygen atoms in total. The monoisotopic (exact) mass is 283 g/mol. The van der Waals surface area contributed by atoms with E-state index in [2.05, 4.69) is 23.1 Å². The lowest BCUT2D eigenvalue weighted by molar-refractivity contribution is 0.199. The van der Waals surface area contributed by atoms with Gasteiger partial charge in [0.1, 0.15) is 0 Å². The van der Waals surface area contributed by atoms with Gasteiger partial charge >= 0.3 is 0 Å². The lowest BCUT2D eigenvalue weighted by Crippen LogP contribution is -2.41. The highest BCUT2D eigenvalue weighted by molar-refractivity contribution is 5.84. The Hall–Kier alpha value is -1.65. The van der Waals surface area contributed by atoms with Gasteiger partial charge in [-0.25, -0.2) is 0 Å². The molecule has 4 heteroatoms. The first-order chi connectivity index (χ1) is 10.2. The quantitative estimate of drug-likeness (QED) is 0.909. The predicted octanol–water partition coefficient (Wildman–Crippen LogP) is 1.52. The first-order valence-electron chi connectivity index (χ1n) is 7.83. The Morgan fingerprint density at radius 2 is 1.95 bits per heavy atom. The van der Waals surface area contributed by atoms with Crippen molar-refractivity contribution in [1.82, 2.24) is 9.47 Å². The highest BCUT2D eigenvalue weighted by Gasteiger charge is 2.27. The van der Waals surface area contributed by atoms with E-state index in [9.17, 15) is 4.79 Å². The third-order valence-electron chi connectivity index (χ3n) is 4.99. The zero-order valence-corrected chi connectivity index (χ0v) is 12.2. The molecule has 1 fully saturated rings. The number of benzene rings is 1. The van der Waals surface area contributed by atoms with Crippen molar-refractivity contribution < 1.29 is 0 Å². The maximum absolute atomic E-state index is 12.1. The molecular weight excluding hydrogens is 262 g/mol. The maximum Gasteiger partial charge on any atom is 0.251 e. The van der Waals surface area contributed by atoms with Gasteiger partial charge in [0.2, 0.25) is 0 Å². The highest BCUT2D eigenvalue weighted by atomic mass is 16.1. The molecule has 21 heavy (non-hydrogen) atoms. The van der Waals surface area contributed by atoms with Crippen molar-refractivity contribution in [2.45, 2.75) is 31.3 Å². The summed E-state index contributed by atoms with van der Waals surface area (Å²) in [4.78, 5) is 14.6. The van der Waals surface area contributed by atoms with Crippen LogP contribution in [-0.4, -0.2) is 35.1 Å². The lowest BCUT2D eigenvalue weighted by Gasteiger charge is -2.32. The molecule has 0 radical (unpaired) electrons. The van der Waals surface area contributed by atoms with Crippen molar-refractivity contribution in [2.24, 2.45) is 5.73 Å². The summed E-state index contributed by atoms with van der Waals surface area (Å²) in [5.74, 6) is 0.429. The predicted molar refractivity (Wildman–Crippen MR) is 84.6 cm³/mol. The number of hydrogen-bond donors (Lipinski definition) is 1. The van der Waals surface area contributed by atoms with Crippen molar-refractivity contribution in [3.63, 3.8) is 0 Å². The summed E-state index contributed by atoms with van der Waals surface area (Å²) in [6, 6.07) is 10.4. The van der Waals surface area contributed by atoms with Gasteiger partial charge in [-0.05, 0) is 42.9 Å². The molecule has 1 saturated heterocycles. The number of nitrogens with zero attached hydrogens (tertiary/aromatic N) is 2. The molecule has 2 N–H and O–H groups in total. The van der Waals surface area contributed by atoms with E-state index in [-0.39, 0.29) is 5.56 Å². The first kappa shape index (κ1) is 13.0. The molecule has 0 bridgehead atoms. The minimum absolute atomic E-state index is 0.123. The van der Waals surface area contributed by atoms with Crippen LogP contribution in [0.1, 0.15) is 24.3 Å². The van der Waals surface area contributed by atoms with Gasteiger partial charge in [-0.3, -0.25) is 4.79 Å². The number of pyridine rings is 1. The molecular formula is C17H21N3O. The third-order valence-corrected chi connectivity index (χ3v) is 4.99. The van der Waals surface area contributed by atoms with E-state index in [1.807, 2.05) is 10.6 Å². The zero-order valence-electron chi connectivity index (χ0n) is 12.2. The van der Waals surface area contributed by atoms with Crippen LogP contribution in [0, 0.1) is 0 Å². The number of hydrogen-bond acceptors (Lipinski definition) is 3. The second-order valence-corrected chi connectivity index (χ2v) is 6.40. The van der Waals surface area contributed by atoms with Crippen molar-refractivity contribution in [3.05, 3.63) is 46.2 Å². The summed E-state index contributed by atoms with van der Waals surface area (Å²) in [7, 11) is 0. The molecule has 0 aliphatic carbocycles. The molecule has 1 atom stereocenters. The average molecular weight is 283 g/mol. The number of likely N-dealkylation sites (tertiary alicyclic amines) is 1. The Balaban J connectivity index is 1.64. The van der Waals surface area contributed by atoms with Crippen LogP contribution in [0.4, 0.5) is 0 Å². The van der Waals surface area contributed by atoms with Crippen LogP contribution in [0.25, 0.3) is 10.9 Å². The van der Waals surface area contributed by atoms with Gasteiger partial charge in [0, 0.05) is 31.1 Å². The van der Waals surface area contributed by atoms with Crippen LogP contribution in [0.2, 0.25) is 0 Å². The number of aromatic nitrogens is 1. The number of rotatable bonds is 2. The van der Waals surface area contributed by atoms with Crippen LogP contribution < -0.4 is 11.3 Å². The van der Waals surface area contributed by atoms with Crippen molar-refractivity contribution in [1.29, 1.82) is 0 Å². The third kappa shape index (κ3) is 2.19. The molecule has 1 aromatic carbocycles. The summed E-state index contributed by atoms with van der Waals surface area (Å²) in [6.07, 6.45) is 2.17. The van der Waals surface area contributed by atoms with E-state index in [0.717, 1.165) is 44.5 Å². The van der Waals surface area contributed by atoms with Crippen molar-refractivity contribution >= 4 is 10.9 Å². The van der Waals surface area contributed by atoms with E-state index in [0.29, 0.717) is 12.0 Å². The minimum atomic E-state index is 0.123. The second-order valence-electron chi connectivity index (χ2n) is 6.40. The molecule has 0 spiro atoms. The summed E-state index contributed by atoms with van der Waals surface area (Å²) in [6.45, 7) is 4.02. The topological polar surface area (TPSA) is 51.3 Å². The maximum atomic E-state index is 12.1. The molecule has 2 aromatic rings. The average Bonchev–Trinajstić information content (AvgIpc) is 2.86. The standard InChI is InChI=1S/C17H21N3O/c18-14-6-8-19(9-7-14)10-13-11-20-16(21)5-4-12-2-1-3-15(13)17(12)20/h1-5,13-14H,6-11,18H2. The number of para-hydroxylation sites is 1. The Morgan fingerprint density at radius 1 is 1.14 bits per heavy atom. The molecule has 1 unspecified atom stereocenters. The van der Waals surface area contributed by atoms with Gasteiger partial charge in [0.15, 0.2) is 0 Å². The Morgan fingerprint density at radius 3 is 2.76 bits per heavy atom. The van der Waals surface area contributed by atoms with Crippen LogP contribution in [0.5, 0.6) is 0 Å². The lowest BCUT2D eigenvalue weighted by atomic mass is 9.97. The van der Waals surface area contributed by atoms with E-state index in [1.54, 1.807) is 6.07 Å². The van der Waals surface area contributed by atoms with Gasteiger partial charge in [-0.2, -0.15) is 0 Å². The van der Waals surface area contributed by atoms with Gasteiger partial charge < -0.3 is 15.2 Å². The Bertz CT molecular complexity index is 728. The van der Waals surface area contributed by atoms with Gasteiger partial charge in [0.25, 0.3) is 5.56 Å². The SMILES string of the molecule is NC1CCN(CC2Cn3c(=O)ccc4cccc2c43)CC1. The zero-order chi connectivity index (χ0) is 14.4. The fraction of sp³-hybridized carbons (Fsp3) is 0.471. The van der Waals surface area contributed by atoms with Gasteiger partial charge in [-0.1, -0.05) is 18.2 Å². The number of piperidine rings is 1. The van der Waals surface area contributed by atoms with Crippen molar-refractivity contribution in [3.8, 4) is 0 Å². The number of nitrogens with two attached hydrogens (primary N) is 1. The first-order valence-corrected chi connectivity index (χ1v) is 7.83. The van der Waals surface area contributed by atoms with E-state index >= 15 is 0 Å². The van der Waals surface area contributed by atoms with Crippen LogP contribution in [0.15, 0.2) is 35.1 Å². The molecule has 0 saturated carbocycles. The molecule has 4 rings (SSSR count). The molecule has 1 aromatic heterocycles. The van der Waals surface area contributed by atoms with Crippen LogP contribution in [0.3, 0.4) is 0 Å². The summed E-state index contributed by atoms with van der Waals surface area (Å²) in [5.41, 5.74) is 8.58. The fourth-order valence-corrected chi connectivity index (χ4v) is 3.82.